The normalized spacial score (nSPS) is 12.4. The van der Waals surface area contributed by atoms with Gasteiger partial charge in [0.05, 0.1) is 5.56 Å². The third-order valence-electron chi connectivity index (χ3n) is 3.51. The summed E-state index contributed by atoms with van der Waals surface area (Å²) in [6, 6.07) is 7.02. The predicted molar refractivity (Wildman–Crippen MR) is 90.9 cm³/mol. The molecule has 0 N–H and O–H groups in total. The maximum absolute atomic E-state index is 12.6. The monoisotopic (exact) mass is 409 g/mol. The van der Waals surface area contributed by atoms with Crippen LogP contribution in [0.5, 0.6) is 5.75 Å². The minimum absolute atomic E-state index is 0.119. The zero-order valence-corrected chi connectivity index (χ0v) is 15.3. The van der Waals surface area contributed by atoms with Crippen molar-refractivity contribution in [3.05, 3.63) is 63.0 Å². The van der Waals surface area contributed by atoms with E-state index in [-0.39, 0.29) is 18.0 Å². The van der Waals surface area contributed by atoms with Crippen molar-refractivity contribution in [1.82, 2.24) is 4.57 Å². The average molecular weight is 410 g/mol. The lowest BCUT2D eigenvalue weighted by molar-refractivity contribution is -0.0500. The van der Waals surface area contributed by atoms with Crippen molar-refractivity contribution in [2.45, 2.75) is 31.8 Å². The molecule has 0 unspecified atom stereocenters. The fourth-order valence-electron chi connectivity index (χ4n) is 2.20. The lowest BCUT2D eigenvalue weighted by Crippen LogP contribution is -2.31. The molecule has 0 saturated carbocycles. The minimum Gasteiger partial charge on any atom is -0.375 e. The molecule has 0 fully saturated rings. The Labute approximate surface area is 153 Å². The second-order valence-electron chi connectivity index (χ2n) is 5.75. The van der Waals surface area contributed by atoms with Gasteiger partial charge in [-0.1, -0.05) is 23.7 Å². The number of benzene rings is 1. The van der Waals surface area contributed by atoms with Gasteiger partial charge in [0.1, 0.15) is 0 Å². The highest BCUT2D eigenvalue weighted by atomic mass is 35.5. The first-order valence-electron chi connectivity index (χ1n) is 7.41. The molecule has 2 rings (SSSR count). The van der Waals surface area contributed by atoms with E-state index >= 15 is 0 Å². The lowest BCUT2D eigenvalue weighted by Gasteiger charge is -2.16. The molecule has 0 bridgehead atoms. The first-order valence-corrected chi connectivity index (χ1v) is 9.20. The summed E-state index contributed by atoms with van der Waals surface area (Å²) in [5.41, 5.74) is -5.87. The molecule has 1 aromatic carbocycles. The molecule has 0 spiro atoms. The smallest absolute Gasteiger partial charge is 0.375 e. The molecule has 5 nitrogen and oxygen atoms in total. The van der Waals surface area contributed by atoms with Crippen molar-refractivity contribution < 1.29 is 25.8 Å². The molecule has 0 atom stereocenters. The molecule has 10 heteroatoms. The summed E-state index contributed by atoms with van der Waals surface area (Å²) in [7, 11) is -5.89. The molecule has 26 heavy (non-hydrogen) atoms. The highest BCUT2D eigenvalue weighted by molar-refractivity contribution is 7.88. The van der Waals surface area contributed by atoms with Crippen LogP contribution in [0.3, 0.4) is 0 Å². The second-order valence-corrected chi connectivity index (χ2v) is 7.73. The Bertz CT molecular complexity index is 951. The third-order valence-corrected chi connectivity index (χ3v) is 4.73. The Kier molecular flexibility index (Phi) is 5.72. The number of rotatable bonds is 5. The number of nitrogens with zero attached hydrogens (tertiary/aromatic N) is 1. The van der Waals surface area contributed by atoms with Crippen molar-refractivity contribution in [1.29, 1.82) is 0 Å². The van der Waals surface area contributed by atoms with Gasteiger partial charge >= 0.3 is 15.6 Å². The molecule has 1 heterocycles. The van der Waals surface area contributed by atoms with Crippen LogP contribution < -0.4 is 9.74 Å². The quantitative estimate of drug-likeness (QED) is 0.555. The van der Waals surface area contributed by atoms with E-state index in [1.54, 1.807) is 38.1 Å². The largest absolute Gasteiger partial charge is 0.534 e. The van der Waals surface area contributed by atoms with Gasteiger partial charge in [0.25, 0.3) is 5.56 Å². The van der Waals surface area contributed by atoms with Crippen molar-refractivity contribution in [2.24, 2.45) is 0 Å². The molecular weight excluding hydrogens is 395 g/mol. The molecule has 1 aromatic heterocycles. The van der Waals surface area contributed by atoms with Crippen LogP contribution in [0.25, 0.3) is 0 Å². The minimum atomic E-state index is -5.89. The first-order chi connectivity index (χ1) is 11.9. The summed E-state index contributed by atoms with van der Waals surface area (Å²) in [6.45, 7) is 3.42. The average Bonchev–Trinajstić information content (AvgIpc) is 2.51. The first kappa shape index (κ1) is 20.3. The number of halogens is 4. The van der Waals surface area contributed by atoms with E-state index < -0.39 is 26.9 Å². The van der Waals surface area contributed by atoms with Crippen LogP contribution in [0, 0.1) is 0 Å². The Morgan fingerprint density at radius 3 is 2.23 bits per heavy atom. The summed E-state index contributed by atoms with van der Waals surface area (Å²) in [5.74, 6) is -0.654. The van der Waals surface area contributed by atoms with Crippen LogP contribution in [0.1, 0.15) is 31.0 Å². The maximum atomic E-state index is 12.6. The zero-order valence-electron chi connectivity index (χ0n) is 13.7. The van der Waals surface area contributed by atoms with E-state index in [9.17, 15) is 26.4 Å². The fourth-order valence-corrected chi connectivity index (χ4v) is 2.81. The number of pyridine rings is 1. The summed E-state index contributed by atoms with van der Waals surface area (Å²) in [4.78, 5) is 12.6. The number of aromatic nitrogens is 1. The summed E-state index contributed by atoms with van der Waals surface area (Å²) >= 11 is 5.79. The van der Waals surface area contributed by atoms with Crippen LogP contribution in [0.4, 0.5) is 13.2 Å². The van der Waals surface area contributed by atoms with Gasteiger partial charge in [-0.05, 0) is 37.6 Å². The van der Waals surface area contributed by atoms with Gasteiger partial charge in [0.2, 0.25) is 0 Å². The SMILES string of the molecule is CC(C)n1ccc(OS(=O)(=O)C(F)(F)F)c(Cc2ccc(Cl)cc2)c1=O. The standard InChI is InChI=1S/C16H15ClF3NO4S/c1-10(2)21-8-7-14(25-26(23,24)16(18,19)20)13(15(21)22)9-11-3-5-12(17)6-4-11/h3-8,10H,9H2,1-2H3. The number of hydrogen-bond acceptors (Lipinski definition) is 4. The van der Waals surface area contributed by atoms with Crippen LogP contribution in [-0.4, -0.2) is 18.5 Å². The van der Waals surface area contributed by atoms with Gasteiger partial charge in [-0.25, -0.2) is 0 Å². The number of hydrogen-bond donors (Lipinski definition) is 0. The summed E-state index contributed by atoms with van der Waals surface area (Å²) in [5, 5.41) is 0.442. The maximum Gasteiger partial charge on any atom is 0.534 e. The van der Waals surface area contributed by atoms with Crippen molar-refractivity contribution in [3.63, 3.8) is 0 Å². The van der Waals surface area contributed by atoms with Crippen LogP contribution >= 0.6 is 11.6 Å². The summed E-state index contributed by atoms with van der Waals surface area (Å²) < 4.78 is 66.0. The van der Waals surface area contributed by atoms with E-state index in [1.165, 1.54) is 10.8 Å². The Morgan fingerprint density at radius 1 is 1.15 bits per heavy atom. The predicted octanol–water partition coefficient (Wildman–Crippen LogP) is 3.90. The van der Waals surface area contributed by atoms with Gasteiger partial charge in [-0.15, -0.1) is 0 Å². The Balaban J connectivity index is 2.56. The van der Waals surface area contributed by atoms with Crippen LogP contribution in [0.2, 0.25) is 5.02 Å². The molecule has 0 aliphatic carbocycles. The van der Waals surface area contributed by atoms with Crippen molar-refractivity contribution in [3.8, 4) is 5.75 Å². The molecule has 0 aliphatic heterocycles. The van der Waals surface area contributed by atoms with E-state index in [2.05, 4.69) is 4.18 Å². The molecule has 0 aliphatic rings. The molecule has 0 radical (unpaired) electrons. The lowest BCUT2D eigenvalue weighted by atomic mass is 10.1. The van der Waals surface area contributed by atoms with E-state index in [4.69, 9.17) is 11.6 Å². The zero-order chi connectivity index (χ0) is 19.7. The Hall–Kier alpha value is -2.00. The van der Waals surface area contributed by atoms with Gasteiger partial charge in [0.15, 0.2) is 5.75 Å². The molecule has 2 aromatic rings. The van der Waals surface area contributed by atoms with E-state index in [1.807, 2.05) is 0 Å². The Morgan fingerprint density at radius 2 is 1.73 bits per heavy atom. The third kappa shape index (κ3) is 4.39. The summed E-state index contributed by atoms with van der Waals surface area (Å²) in [6.07, 6.45) is 1.08. The number of alkyl halides is 3. The molecular formula is C16H15ClF3NO4S. The second kappa shape index (κ2) is 7.32. The van der Waals surface area contributed by atoms with Gasteiger partial charge in [-0.2, -0.15) is 21.6 Å². The molecule has 0 amide bonds. The van der Waals surface area contributed by atoms with E-state index in [0.29, 0.717) is 10.6 Å². The van der Waals surface area contributed by atoms with Gasteiger partial charge < -0.3 is 8.75 Å². The van der Waals surface area contributed by atoms with Crippen molar-refractivity contribution in [2.75, 3.05) is 0 Å². The molecule has 142 valence electrons. The highest BCUT2D eigenvalue weighted by Crippen LogP contribution is 2.29. The van der Waals surface area contributed by atoms with Crippen LogP contribution in [0.15, 0.2) is 41.3 Å². The van der Waals surface area contributed by atoms with Gasteiger partial charge in [-0.3, -0.25) is 4.79 Å². The topological polar surface area (TPSA) is 65.4 Å². The van der Waals surface area contributed by atoms with E-state index in [0.717, 1.165) is 6.07 Å². The van der Waals surface area contributed by atoms with Gasteiger partial charge in [0, 0.05) is 23.7 Å². The van der Waals surface area contributed by atoms with Crippen LogP contribution in [-0.2, 0) is 16.5 Å². The fraction of sp³-hybridized carbons (Fsp3) is 0.312. The van der Waals surface area contributed by atoms with Crippen molar-refractivity contribution >= 4 is 21.7 Å². The highest BCUT2D eigenvalue weighted by Gasteiger charge is 2.49. The molecule has 0 saturated heterocycles.